The number of hydrogen-bond acceptors (Lipinski definition) is 2. The highest BCUT2D eigenvalue weighted by molar-refractivity contribution is 4.73. The molecule has 1 aliphatic heterocycles. The Kier molecular flexibility index (Phi) is 7.14. The molecule has 17 heavy (non-hydrogen) atoms. The number of rotatable bonds is 6. The summed E-state index contributed by atoms with van der Waals surface area (Å²) in [5, 5.41) is 0. The van der Waals surface area contributed by atoms with E-state index in [0.717, 1.165) is 11.8 Å². The lowest BCUT2D eigenvalue weighted by molar-refractivity contribution is 0.260. The van der Waals surface area contributed by atoms with Gasteiger partial charge in [0.2, 0.25) is 0 Å². The fourth-order valence-corrected chi connectivity index (χ4v) is 2.94. The third kappa shape index (κ3) is 5.87. The Bertz CT molecular complexity index is 191. The maximum absolute atomic E-state index is 6.09. The van der Waals surface area contributed by atoms with E-state index in [1.54, 1.807) is 0 Å². The van der Waals surface area contributed by atoms with Crippen LogP contribution in [0.1, 0.15) is 59.3 Å². The minimum atomic E-state index is 0.421. The Morgan fingerprint density at radius 2 is 1.94 bits per heavy atom. The summed E-state index contributed by atoms with van der Waals surface area (Å²) in [5.41, 5.74) is 6.09. The Morgan fingerprint density at radius 3 is 2.59 bits per heavy atom. The van der Waals surface area contributed by atoms with Gasteiger partial charge >= 0.3 is 0 Å². The monoisotopic (exact) mass is 240 g/mol. The van der Waals surface area contributed by atoms with Crippen molar-refractivity contribution >= 4 is 0 Å². The zero-order valence-corrected chi connectivity index (χ0v) is 12.1. The van der Waals surface area contributed by atoms with Crippen molar-refractivity contribution in [2.45, 2.75) is 65.3 Å². The molecule has 1 heterocycles. The number of nitrogens with zero attached hydrogens (tertiary/aromatic N) is 1. The van der Waals surface area contributed by atoms with Crippen molar-refractivity contribution in [2.75, 3.05) is 19.6 Å². The van der Waals surface area contributed by atoms with E-state index in [-0.39, 0.29) is 0 Å². The number of likely N-dealkylation sites (tertiary alicyclic amines) is 1. The van der Waals surface area contributed by atoms with E-state index < -0.39 is 0 Å². The molecule has 1 fully saturated rings. The first-order chi connectivity index (χ1) is 8.13. The summed E-state index contributed by atoms with van der Waals surface area (Å²) in [7, 11) is 0. The van der Waals surface area contributed by atoms with Crippen LogP contribution in [0.5, 0.6) is 0 Å². The highest BCUT2D eigenvalue weighted by Crippen LogP contribution is 2.24. The molecular weight excluding hydrogens is 208 g/mol. The molecule has 0 radical (unpaired) electrons. The van der Waals surface area contributed by atoms with E-state index >= 15 is 0 Å². The maximum atomic E-state index is 6.09. The van der Waals surface area contributed by atoms with Crippen LogP contribution in [0.25, 0.3) is 0 Å². The Hall–Kier alpha value is -0.0800. The summed E-state index contributed by atoms with van der Waals surface area (Å²) < 4.78 is 0. The van der Waals surface area contributed by atoms with E-state index in [2.05, 4.69) is 25.7 Å². The predicted octanol–water partition coefficient (Wildman–Crippen LogP) is 3.26. The van der Waals surface area contributed by atoms with E-state index in [1.165, 1.54) is 58.2 Å². The van der Waals surface area contributed by atoms with Crippen molar-refractivity contribution in [3.05, 3.63) is 0 Å². The molecule has 0 aromatic rings. The lowest BCUT2D eigenvalue weighted by Gasteiger charge is -2.22. The lowest BCUT2D eigenvalue weighted by atomic mass is 9.89. The third-order valence-electron chi connectivity index (χ3n) is 4.28. The van der Waals surface area contributed by atoms with Gasteiger partial charge in [0.25, 0.3) is 0 Å². The van der Waals surface area contributed by atoms with Gasteiger partial charge in [-0.2, -0.15) is 0 Å². The van der Waals surface area contributed by atoms with E-state index in [1.807, 2.05) is 0 Å². The molecule has 1 rings (SSSR count). The zero-order chi connectivity index (χ0) is 12.7. The molecule has 0 bridgehead atoms. The van der Waals surface area contributed by atoms with E-state index in [4.69, 9.17) is 5.73 Å². The standard InChI is InChI=1S/C15H32N2/c1-4-6-15(16)9-12-17-10-5-7-14(8-11-17)13(2)3/h13-15H,4-12,16H2,1-3H3. The fourth-order valence-electron chi connectivity index (χ4n) is 2.94. The summed E-state index contributed by atoms with van der Waals surface area (Å²) in [6, 6.07) is 0.421. The molecule has 2 nitrogen and oxygen atoms in total. The summed E-state index contributed by atoms with van der Waals surface area (Å²) in [6.07, 6.45) is 7.78. The second-order valence-electron chi connectivity index (χ2n) is 6.11. The average Bonchev–Trinajstić information content (AvgIpc) is 2.52. The molecule has 0 aliphatic carbocycles. The minimum absolute atomic E-state index is 0.421. The Morgan fingerprint density at radius 1 is 1.18 bits per heavy atom. The van der Waals surface area contributed by atoms with Crippen molar-refractivity contribution in [3.8, 4) is 0 Å². The van der Waals surface area contributed by atoms with Crippen LogP contribution in [0.2, 0.25) is 0 Å². The fraction of sp³-hybridized carbons (Fsp3) is 1.00. The van der Waals surface area contributed by atoms with Gasteiger partial charge in [-0.1, -0.05) is 27.2 Å². The molecule has 2 atom stereocenters. The smallest absolute Gasteiger partial charge is 0.00509 e. The zero-order valence-electron chi connectivity index (χ0n) is 12.1. The summed E-state index contributed by atoms with van der Waals surface area (Å²) in [4.78, 5) is 2.64. The van der Waals surface area contributed by atoms with Crippen LogP contribution in [0.4, 0.5) is 0 Å². The molecule has 0 spiro atoms. The average molecular weight is 240 g/mol. The normalized spacial score (nSPS) is 24.9. The molecule has 0 saturated carbocycles. The van der Waals surface area contributed by atoms with E-state index in [0.29, 0.717) is 6.04 Å². The molecule has 1 aliphatic rings. The number of nitrogens with two attached hydrogens (primary N) is 1. The first kappa shape index (κ1) is 15.0. The van der Waals surface area contributed by atoms with Gasteiger partial charge in [0.05, 0.1) is 0 Å². The van der Waals surface area contributed by atoms with E-state index in [9.17, 15) is 0 Å². The van der Waals surface area contributed by atoms with Gasteiger partial charge in [-0.05, 0) is 63.6 Å². The third-order valence-corrected chi connectivity index (χ3v) is 4.28. The number of hydrogen-bond donors (Lipinski definition) is 1. The largest absolute Gasteiger partial charge is 0.328 e. The highest BCUT2D eigenvalue weighted by Gasteiger charge is 2.19. The van der Waals surface area contributed by atoms with Crippen molar-refractivity contribution in [1.82, 2.24) is 4.90 Å². The van der Waals surface area contributed by atoms with Gasteiger partial charge in [0.1, 0.15) is 0 Å². The van der Waals surface area contributed by atoms with Gasteiger partial charge in [-0.15, -0.1) is 0 Å². The maximum Gasteiger partial charge on any atom is 0.00509 e. The van der Waals surface area contributed by atoms with Gasteiger partial charge < -0.3 is 10.6 Å². The first-order valence-electron chi connectivity index (χ1n) is 7.61. The van der Waals surface area contributed by atoms with Gasteiger partial charge in [0, 0.05) is 6.04 Å². The van der Waals surface area contributed by atoms with Crippen molar-refractivity contribution in [2.24, 2.45) is 17.6 Å². The molecule has 0 aromatic carbocycles. The molecule has 0 amide bonds. The van der Waals surface area contributed by atoms with Crippen LogP contribution in [0.15, 0.2) is 0 Å². The van der Waals surface area contributed by atoms with Gasteiger partial charge in [0.15, 0.2) is 0 Å². The molecule has 0 aromatic heterocycles. The van der Waals surface area contributed by atoms with Gasteiger partial charge in [-0.25, -0.2) is 0 Å². The quantitative estimate of drug-likeness (QED) is 0.772. The minimum Gasteiger partial charge on any atom is -0.328 e. The van der Waals surface area contributed by atoms with Crippen molar-refractivity contribution < 1.29 is 0 Å². The topological polar surface area (TPSA) is 29.3 Å². The Balaban J connectivity index is 2.22. The molecular formula is C15H32N2. The van der Waals surface area contributed by atoms with Crippen LogP contribution < -0.4 is 5.73 Å². The van der Waals surface area contributed by atoms with Crippen LogP contribution in [0.3, 0.4) is 0 Å². The first-order valence-corrected chi connectivity index (χ1v) is 7.61. The molecule has 2 unspecified atom stereocenters. The molecule has 1 saturated heterocycles. The Labute approximate surface area is 108 Å². The molecule has 2 heteroatoms. The second kappa shape index (κ2) is 8.10. The van der Waals surface area contributed by atoms with Crippen LogP contribution in [0, 0.1) is 11.8 Å². The SMILES string of the molecule is CCCC(N)CCN1CCCC(C(C)C)CC1. The summed E-state index contributed by atoms with van der Waals surface area (Å²) in [6.45, 7) is 10.8. The molecule has 2 N–H and O–H groups in total. The summed E-state index contributed by atoms with van der Waals surface area (Å²) >= 11 is 0. The van der Waals surface area contributed by atoms with Crippen LogP contribution in [-0.2, 0) is 0 Å². The van der Waals surface area contributed by atoms with Crippen LogP contribution in [-0.4, -0.2) is 30.6 Å². The summed E-state index contributed by atoms with van der Waals surface area (Å²) in [5.74, 6) is 1.81. The van der Waals surface area contributed by atoms with Crippen molar-refractivity contribution in [1.29, 1.82) is 0 Å². The van der Waals surface area contributed by atoms with Gasteiger partial charge in [-0.3, -0.25) is 0 Å². The van der Waals surface area contributed by atoms with Crippen LogP contribution >= 0.6 is 0 Å². The second-order valence-corrected chi connectivity index (χ2v) is 6.11. The van der Waals surface area contributed by atoms with Crippen molar-refractivity contribution in [3.63, 3.8) is 0 Å². The predicted molar refractivity (Wildman–Crippen MR) is 76.1 cm³/mol. The highest BCUT2D eigenvalue weighted by atomic mass is 15.1. The molecule has 102 valence electrons. The lowest BCUT2D eigenvalue weighted by Crippen LogP contribution is -2.31.